The van der Waals surface area contributed by atoms with E-state index in [1.54, 1.807) is 7.11 Å². The van der Waals surface area contributed by atoms with E-state index in [0.717, 1.165) is 0 Å². The lowest BCUT2D eigenvalue weighted by molar-refractivity contribution is -0.121. The van der Waals surface area contributed by atoms with E-state index in [-0.39, 0.29) is 24.6 Å². The smallest absolute Gasteiger partial charge is 0.354 e. The number of methoxy groups -OCH3 is 1. The van der Waals surface area contributed by atoms with Gasteiger partial charge in [-0.25, -0.2) is 4.79 Å². The number of carbonyl (C=O) groups excluding carboxylic acids is 1. The van der Waals surface area contributed by atoms with Crippen LogP contribution < -0.4 is 5.32 Å². The van der Waals surface area contributed by atoms with Crippen LogP contribution in [0.5, 0.6) is 0 Å². The Kier molecular flexibility index (Phi) is 5.15. The maximum absolute atomic E-state index is 11.3. The molecule has 0 spiro atoms. The molecule has 17 heavy (non-hydrogen) atoms. The van der Waals surface area contributed by atoms with Gasteiger partial charge in [-0.05, 0) is 6.07 Å². The second-order valence-electron chi connectivity index (χ2n) is 3.34. The molecular weight excluding hydrogens is 226 g/mol. The van der Waals surface area contributed by atoms with Gasteiger partial charge in [0.1, 0.15) is 5.69 Å². The average molecular weight is 241 g/mol. The van der Waals surface area contributed by atoms with E-state index >= 15 is 0 Å². The molecule has 0 saturated heterocycles. The van der Waals surface area contributed by atoms with Gasteiger partial charge in [-0.2, -0.15) is 5.10 Å². The van der Waals surface area contributed by atoms with Crippen LogP contribution in [0.15, 0.2) is 12.3 Å². The molecule has 0 fully saturated rings. The monoisotopic (exact) mass is 241 g/mol. The fraction of sp³-hybridized carbons (Fsp3) is 0.500. The molecule has 0 aliphatic heterocycles. The maximum Gasteiger partial charge on any atom is 0.354 e. The van der Waals surface area contributed by atoms with Gasteiger partial charge in [0.15, 0.2) is 0 Å². The van der Waals surface area contributed by atoms with Crippen LogP contribution >= 0.6 is 0 Å². The first-order chi connectivity index (χ1) is 8.15. The lowest BCUT2D eigenvalue weighted by Crippen LogP contribution is -2.28. The zero-order valence-electron chi connectivity index (χ0n) is 9.55. The van der Waals surface area contributed by atoms with E-state index < -0.39 is 5.97 Å². The Hall–Kier alpha value is -1.89. The second kappa shape index (κ2) is 6.64. The van der Waals surface area contributed by atoms with Crippen molar-refractivity contribution in [2.24, 2.45) is 0 Å². The standard InChI is InChI=1S/C10H15N3O4/c1-17-7-5-11-9(14)3-6-13-8(10(15)16)2-4-12-13/h2,4H,3,5-7H2,1H3,(H,11,14)(H,15,16). The predicted molar refractivity (Wildman–Crippen MR) is 58.7 cm³/mol. The Labute approximate surface area is 98.4 Å². The van der Waals surface area contributed by atoms with Crippen LogP contribution in [0.4, 0.5) is 0 Å². The highest BCUT2D eigenvalue weighted by Crippen LogP contribution is 2.00. The SMILES string of the molecule is COCCNC(=O)CCn1nccc1C(=O)O. The topological polar surface area (TPSA) is 93.5 Å². The van der Waals surface area contributed by atoms with Gasteiger partial charge in [-0.15, -0.1) is 0 Å². The molecule has 2 N–H and O–H groups in total. The first kappa shape index (κ1) is 13.2. The summed E-state index contributed by atoms with van der Waals surface area (Å²) >= 11 is 0. The number of amides is 1. The summed E-state index contributed by atoms with van der Waals surface area (Å²) in [7, 11) is 1.55. The van der Waals surface area contributed by atoms with Crippen LogP contribution in [-0.2, 0) is 16.1 Å². The molecule has 1 heterocycles. The Morgan fingerprint density at radius 2 is 2.35 bits per heavy atom. The summed E-state index contributed by atoms with van der Waals surface area (Å²) in [5.41, 5.74) is 0.0784. The number of rotatable bonds is 7. The lowest BCUT2D eigenvalue weighted by atomic mass is 10.3. The van der Waals surface area contributed by atoms with Crippen LogP contribution in [0.3, 0.4) is 0 Å². The highest BCUT2D eigenvalue weighted by molar-refractivity contribution is 5.85. The van der Waals surface area contributed by atoms with Gasteiger partial charge < -0.3 is 15.2 Å². The number of aryl methyl sites for hydroxylation is 1. The molecule has 0 aliphatic rings. The van der Waals surface area contributed by atoms with Crippen molar-refractivity contribution in [3.05, 3.63) is 18.0 Å². The second-order valence-corrected chi connectivity index (χ2v) is 3.34. The molecule has 0 aromatic carbocycles. The largest absolute Gasteiger partial charge is 0.477 e. The average Bonchev–Trinajstić information content (AvgIpc) is 2.75. The van der Waals surface area contributed by atoms with E-state index in [1.807, 2.05) is 0 Å². The van der Waals surface area contributed by atoms with E-state index in [2.05, 4.69) is 10.4 Å². The molecule has 1 aromatic rings. The van der Waals surface area contributed by atoms with Crippen LogP contribution in [0.25, 0.3) is 0 Å². The maximum atomic E-state index is 11.3. The minimum atomic E-state index is -1.05. The van der Waals surface area contributed by atoms with Gasteiger partial charge in [-0.1, -0.05) is 0 Å². The summed E-state index contributed by atoms with van der Waals surface area (Å²) in [5.74, 6) is -1.21. The summed E-state index contributed by atoms with van der Waals surface area (Å²) in [6.07, 6.45) is 1.58. The molecule has 1 aromatic heterocycles. The van der Waals surface area contributed by atoms with Crippen molar-refractivity contribution in [1.82, 2.24) is 15.1 Å². The number of nitrogens with one attached hydrogen (secondary N) is 1. The third-order valence-corrected chi connectivity index (χ3v) is 2.11. The summed E-state index contributed by atoms with van der Waals surface area (Å²) < 4.78 is 6.07. The molecule has 1 rings (SSSR count). The number of aromatic carboxylic acids is 1. The van der Waals surface area contributed by atoms with Crippen LogP contribution in [-0.4, -0.2) is 47.0 Å². The molecule has 94 valence electrons. The molecule has 0 unspecified atom stereocenters. The van der Waals surface area contributed by atoms with Crippen molar-refractivity contribution in [3.8, 4) is 0 Å². The molecule has 0 radical (unpaired) electrons. The molecular formula is C10H15N3O4. The van der Waals surface area contributed by atoms with Gasteiger partial charge in [0, 0.05) is 26.3 Å². The third-order valence-electron chi connectivity index (χ3n) is 2.11. The van der Waals surface area contributed by atoms with Crippen LogP contribution in [0.1, 0.15) is 16.9 Å². The van der Waals surface area contributed by atoms with Crippen LogP contribution in [0, 0.1) is 0 Å². The number of ether oxygens (including phenoxy) is 1. The van der Waals surface area contributed by atoms with Crippen molar-refractivity contribution in [2.75, 3.05) is 20.3 Å². The number of nitrogens with zero attached hydrogens (tertiary/aromatic N) is 2. The first-order valence-corrected chi connectivity index (χ1v) is 5.16. The van der Waals surface area contributed by atoms with Crippen molar-refractivity contribution < 1.29 is 19.4 Å². The Morgan fingerprint density at radius 1 is 1.59 bits per heavy atom. The molecule has 0 bridgehead atoms. The molecule has 0 saturated carbocycles. The lowest BCUT2D eigenvalue weighted by Gasteiger charge is -2.05. The minimum Gasteiger partial charge on any atom is -0.477 e. The zero-order valence-corrected chi connectivity index (χ0v) is 9.55. The van der Waals surface area contributed by atoms with Crippen molar-refractivity contribution in [3.63, 3.8) is 0 Å². The number of carboxylic acids is 1. The minimum absolute atomic E-state index is 0.0784. The number of hydrogen-bond donors (Lipinski definition) is 2. The van der Waals surface area contributed by atoms with Crippen molar-refractivity contribution in [1.29, 1.82) is 0 Å². The number of hydrogen-bond acceptors (Lipinski definition) is 4. The summed E-state index contributed by atoms with van der Waals surface area (Å²) in [5, 5.41) is 15.3. The first-order valence-electron chi connectivity index (χ1n) is 5.16. The third kappa shape index (κ3) is 4.23. The molecule has 0 aliphatic carbocycles. The van der Waals surface area contributed by atoms with Crippen molar-refractivity contribution >= 4 is 11.9 Å². The number of aromatic nitrogens is 2. The van der Waals surface area contributed by atoms with Gasteiger partial charge in [-0.3, -0.25) is 9.48 Å². The molecule has 0 atom stereocenters. The molecule has 7 heteroatoms. The summed E-state index contributed by atoms with van der Waals surface area (Å²) in [6.45, 7) is 1.14. The Morgan fingerprint density at radius 3 is 3.00 bits per heavy atom. The van der Waals surface area contributed by atoms with E-state index in [1.165, 1.54) is 16.9 Å². The van der Waals surface area contributed by atoms with Crippen LogP contribution in [0.2, 0.25) is 0 Å². The highest BCUT2D eigenvalue weighted by Gasteiger charge is 2.10. The Bertz CT molecular complexity index is 389. The predicted octanol–water partition coefficient (Wildman–Crippen LogP) is -0.266. The zero-order chi connectivity index (χ0) is 12.7. The van der Waals surface area contributed by atoms with Gasteiger partial charge in [0.25, 0.3) is 0 Å². The van der Waals surface area contributed by atoms with Gasteiger partial charge in [0.2, 0.25) is 5.91 Å². The van der Waals surface area contributed by atoms with Gasteiger partial charge in [0.05, 0.1) is 13.2 Å². The van der Waals surface area contributed by atoms with E-state index in [9.17, 15) is 9.59 Å². The molecule has 1 amide bonds. The summed E-state index contributed by atoms with van der Waals surface area (Å²) in [6, 6.07) is 1.39. The van der Waals surface area contributed by atoms with E-state index in [4.69, 9.17) is 9.84 Å². The fourth-order valence-electron chi connectivity index (χ4n) is 1.28. The fourth-order valence-corrected chi connectivity index (χ4v) is 1.28. The molecule has 7 nitrogen and oxygen atoms in total. The quantitative estimate of drug-likeness (QED) is 0.641. The normalized spacial score (nSPS) is 10.2. The number of carbonyl (C=O) groups is 2. The highest BCUT2D eigenvalue weighted by atomic mass is 16.5. The van der Waals surface area contributed by atoms with E-state index in [0.29, 0.717) is 13.2 Å². The number of carboxylic acid groups (broad SMARTS) is 1. The van der Waals surface area contributed by atoms with Crippen molar-refractivity contribution in [2.45, 2.75) is 13.0 Å². The Balaban J connectivity index is 2.37. The summed E-state index contributed by atoms with van der Waals surface area (Å²) in [4.78, 5) is 22.1. The van der Waals surface area contributed by atoms with Gasteiger partial charge >= 0.3 is 5.97 Å².